The van der Waals surface area contributed by atoms with E-state index in [0.29, 0.717) is 5.92 Å². The van der Waals surface area contributed by atoms with Gasteiger partial charge in [-0.15, -0.1) is 0 Å². The molecule has 3 nitrogen and oxygen atoms in total. The Morgan fingerprint density at radius 1 is 0.278 bits per heavy atom. The molecule has 14 aromatic rings. The second kappa shape index (κ2) is 26.8. The van der Waals surface area contributed by atoms with Gasteiger partial charge in [0.25, 0.3) is 0 Å². The highest BCUT2D eigenvalue weighted by Gasteiger charge is 2.64. The van der Waals surface area contributed by atoms with Crippen LogP contribution in [-0.2, 0) is 12.8 Å². The molecule has 0 saturated carbocycles. The Morgan fingerprint density at radius 2 is 0.577 bits per heavy atom. The quantitative estimate of drug-likeness (QED) is 0.0842. The molecule has 2 aliphatic heterocycles. The molecule has 1 spiro atoms. The van der Waals surface area contributed by atoms with E-state index in [1.807, 2.05) is 0 Å². The molecule has 0 aliphatic carbocycles. The maximum Gasteiger partial charge on any atom is 0.394 e. The Labute approximate surface area is 573 Å². The van der Waals surface area contributed by atoms with Gasteiger partial charge in [0.15, 0.2) is 0 Å². The number of hydrogen-bond donors (Lipinski definition) is 0. The van der Waals surface area contributed by atoms with Gasteiger partial charge in [0.05, 0.1) is 11.4 Å². The molecule has 16 rings (SSSR count). The van der Waals surface area contributed by atoms with Crippen molar-refractivity contribution in [2.24, 2.45) is 5.92 Å². The third-order valence-corrected chi connectivity index (χ3v) is 24.7. The van der Waals surface area contributed by atoms with E-state index < -0.39 is 8.56 Å². The van der Waals surface area contributed by atoms with Crippen molar-refractivity contribution in [1.82, 2.24) is 0 Å². The van der Waals surface area contributed by atoms with E-state index in [1.54, 1.807) is 0 Å². The van der Waals surface area contributed by atoms with Crippen molar-refractivity contribution in [1.29, 1.82) is 0 Å². The molecular weight excluding hydrogens is 1190 g/mol. The molecule has 14 aromatic carbocycles. The van der Waals surface area contributed by atoms with Crippen LogP contribution in [0.2, 0.25) is 6.04 Å². The van der Waals surface area contributed by atoms with Crippen molar-refractivity contribution in [3.05, 3.63) is 375 Å². The Balaban J connectivity index is 1.05. The molecule has 0 N–H and O–H groups in total. The van der Waals surface area contributed by atoms with Crippen LogP contribution in [0.1, 0.15) is 49.3 Å². The number of fused-ring (bicyclic) bond motifs is 2. The van der Waals surface area contributed by atoms with Crippen molar-refractivity contribution in [3.8, 4) is 89.0 Å². The molecule has 0 saturated heterocycles. The van der Waals surface area contributed by atoms with E-state index in [0.717, 1.165) is 48.8 Å². The normalized spacial score (nSPS) is 14.8. The van der Waals surface area contributed by atoms with Crippen molar-refractivity contribution >= 4 is 42.7 Å². The molecule has 2 atom stereocenters. The fourth-order valence-electron chi connectivity index (χ4n) is 15.4. The monoisotopic (exact) mass is 1260 g/mol. The molecule has 0 aromatic heterocycles. The second-order valence-electron chi connectivity index (χ2n) is 26.6. The zero-order chi connectivity index (χ0) is 65.1. The lowest BCUT2D eigenvalue weighted by Gasteiger charge is -2.55. The van der Waals surface area contributed by atoms with Gasteiger partial charge in [0.2, 0.25) is 0 Å². The van der Waals surface area contributed by atoms with Crippen molar-refractivity contribution in [3.63, 3.8) is 0 Å². The van der Waals surface area contributed by atoms with Gasteiger partial charge < -0.3 is 13.7 Å². The summed E-state index contributed by atoms with van der Waals surface area (Å²) in [4.78, 5) is 0. The van der Waals surface area contributed by atoms with E-state index in [1.165, 1.54) is 123 Å². The van der Waals surface area contributed by atoms with Crippen LogP contribution < -0.4 is 13.7 Å². The fourth-order valence-corrected chi connectivity index (χ4v) is 21.0. The van der Waals surface area contributed by atoms with E-state index in [9.17, 15) is 0 Å². The van der Waals surface area contributed by atoms with E-state index in [4.69, 9.17) is 0 Å². The lowest BCUT2D eigenvalue weighted by Crippen LogP contribution is -2.71. The summed E-state index contributed by atoms with van der Waals surface area (Å²) in [5.74, 6) is 0.646. The van der Waals surface area contributed by atoms with Gasteiger partial charge in [-0.2, -0.15) is 0 Å². The van der Waals surface area contributed by atoms with Crippen molar-refractivity contribution in [2.75, 3.05) is 13.7 Å². The van der Waals surface area contributed by atoms with Gasteiger partial charge in [-0.3, -0.25) is 0 Å². The first-order valence-electron chi connectivity index (χ1n) is 34.5. The predicted octanol–water partition coefficient (Wildman–Crippen LogP) is 25.4. The summed E-state index contributed by atoms with van der Waals surface area (Å²) in [6, 6.07) is 136. The maximum atomic E-state index is 2.93. The average Bonchev–Trinajstić information content (AvgIpc) is 1.54. The lowest BCUT2D eigenvalue weighted by atomic mass is 9.85. The Bertz CT molecular complexity index is 5060. The molecule has 2 unspecified atom stereocenters. The fraction of sp³-hybridized carbons (Fsp3) is 0.0968. The number of rotatable bonds is 17. The highest BCUT2D eigenvalue weighted by molar-refractivity contribution is 6.95. The molecule has 97 heavy (non-hydrogen) atoms. The third kappa shape index (κ3) is 12.0. The third-order valence-electron chi connectivity index (χ3n) is 20.0. The van der Waals surface area contributed by atoms with Crippen LogP contribution in [-0.4, -0.2) is 8.56 Å². The molecule has 0 fully saturated rings. The van der Waals surface area contributed by atoms with E-state index in [-0.39, 0.29) is 5.92 Å². The largest absolute Gasteiger partial charge is 0.394 e. The summed E-state index contributed by atoms with van der Waals surface area (Å²) < 4.78 is 8.79. The molecule has 0 bridgehead atoms. The summed E-state index contributed by atoms with van der Waals surface area (Å²) >= 11 is 0. The van der Waals surface area contributed by atoms with Gasteiger partial charge in [-0.05, 0) is 204 Å². The average molecular weight is 1260 g/mol. The maximum absolute atomic E-state index is 3.83. The molecule has 2 heterocycles. The topological polar surface area (TPSA) is 9.72 Å². The first-order valence-corrected chi connectivity index (χ1v) is 36.6. The minimum absolute atomic E-state index is 0.0579. The van der Waals surface area contributed by atoms with Gasteiger partial charge in [0.1, 0.15) is 0 Å². The number of nitrogens with zero attached hydrogens (tertiary/aromatic N) is 3. The number of anilines is 6. The smallest absolute Gasteiger partial charge is 0.333 e. The highest BCUT2D eigenvalue weighted by Crippen LogP contribution is 2.63. The molecule has 468 valence electrons. The molecular formula is C93H77N3Si. The van der Waals surface area contributed by atoms with Crippen LogP contribution in [0, 0.1) is 5.92 Å². The van der Waals surface area contributed by atoms with Crippen LogP contribution in [0.15, 0.2) is 358 Å². The van der Waals surface area contributed by atoms with E-state index >= 15 is 0 Å². The summed E-state index contributed by atoms with van der Waals surface area (Å²) in [5, 5.41) is 0. The second-order valence-corrected chi connectivity index (χ2v) is 29.9. The zero-order valence-electron chi connectivity index (χ0n) is 55.1. The summed E-state index contributed by atoms with van der Waals surface area (Å²) in [5.41, 5.74) is 30.3. The van der Waals surface area contributed by atoms with Crippen molar-refractivity contribution < 1.29 is 0 Å². The van der Waals surface area contributed by atoms with Gasteiger partial charge in [-0.25, -0.2) is 0 Å². The van der Waals surface area contributed by atoms with E-state index in [2.05, 4.69) is 385 Å². The first kappa shape index (κ1) is 60.6. The Morgan fingerprint density at radius 3 is 0.979 bits per heavy atom. The van der Waals surface area contributed by atoms with Gasteiger partial charge in [0, 0.05) is 28.8 Å². The highest BCUT2D eigenvalue weighted by atomic mass is 28.4. The van der Waals surface area contributed by atoms with Crippen LogP contribution >= 0.6 is 0 Å². The minimum Gasteiger partial charge on any atom is -0.333 e. The molecule has 0 radical (unpaired) electrons. The lowest BCUT2D eigenvalue weighted by molar-refractivity contribution is 0.587. The molecule has 0 amide bonds. The number of hydrogen-bond acceptors (Lipinski definition) is 3. The standard InChI is InChI=1S/C93H77N3Si/c1-67(2)53-54-68-30-25-49-81(58-68)89-65-93-92(64-88(89)76-43-22-9-23-44-76)95(84-51-27-47-79(60-84)72-35-14-5-15-36-72)97(96(93)85-52-28-48-80(61-85)73-37-16-6-17-38-73)66-82(56-55-69-29-24-45-77(57-69)70-31-10-3-11-32-70)90-62-86(74-39-18-7-19-40-74)87(75-41-20-8-21-42-75)63-91(90)94(97)83-50-26-46-78(59-83)71-33-12-4-13-34-71/h3-52,57-65,67,82H,53-56,66H2,1-2H3. The minimum atomic E-state index is -3.83. The first-order chi connectivity index (χ1) is 47.9. The van der Waals surface area contributed by atoms with Crippen LogP contribution in [0.25, 0.3) is 89.0 Å². The van der Waals surface area contributed by atoms with Gasteiger partial charge >= 0.3 is 8.56 Å². The Hall–Kier alpha value is -11.3. The molecule has 2 aliphatic rings. The number of benzene rings is 14. The molecule has 4 heteroatoms. The summed E-state index contributed by atoms with van der Waals surface area (Å²) in [7, 11) is -3.83. The summed E-state index contributed by atoms with van der Waals surface area (Å²) in [6.45, 7) is 4.67. The van der Waals surface area contributed by atoms with Crippen LogP contribution in [0.3, 0.4) is 0 Å². The van der Waals surface area contributed by atoms with Gasteiger partial charge in [-0.1, -0.05) is 311 Å². The van der Waals surface area contributed by atoms with Crippen molar-refractivity contribution in [2.45, 2.75) is 51.5 Å². The number of aryl methyl sites for hydroxylation is 2. The summed E-state index contributed by atoms with van der Waals surface area (Å²) in [6.07, 6.45) is 3.93. The van der Waals surface area contributed by atoms with Crippen LogP contribution in [0.5, 0.6) is 0 Å². The van der Waals surface area contributed by atoms with Crippen LogP contribution in [0.4, 0.5) is 34.1 Å². The SMILES string of the molecule is CC(C)CCc1cccc(-c2cc3c(cc2-c2ccccc2)N(c2cccc(-c4ccccc4)c2)[Si]2(CC(CCc4cccc(-c5ccccc5)c4)c4cc(-c5ccccc5)c(-c5ccccc5)cc4N2c2cccc(-c4ccccc4)c2)N3c2cccc(-c3ccccc3)c2)c1. The predicted molar refractivity (Wildman–Crippen MR) is 413 cm³/mol. The zero-order valence-corrected chi connectivity index (χ0v) is 56.1. The Kier molecular flexibility index (Phi) is 16.8.